The average molecular weight is 254 g/mol. The molecule has 0 aliphatic heterocycles. The van der Waals surface area contributed by atoms with Crippen molar-refractivity contribution in [2.24, 2.45) is 11.3 Å². The Labute approximate surface area is 112 Å². The molecule has 1 aliphatic carbocycles. The van der Waals surface area contributed by atoms with Crippen LogP contribution in [-0.2, 0) is 4.79 Å². The van der Waals surface area contributed by atoms with E-state index in [0.29, 0.717) is 24.5 Å². The van der Waals surface area contributed by atoms with Gasteiger partial charge in [0.2, 0.25) is 5.91 Å². The predicted octanol–water partition coefficient (Wildman–Crippen LogP) is 2.71. The van der Waals surface area contributed by atoms with Crippen molar-refractivity contribution >= 4 is 5.91 Å². The second-order valence-corrected chi connectivity index (χ2v) is 6.97. The van der Waals surface area contributed by atoms with E-state index >= 15 is 0 Å². The van der Waals surface area contributed by atoms with E-state index in [2.05, 4.69) is 45.3 Å². The van der Waals surface area contributed by atoms with Gasteiger partial charge in [-0.05, 0) is 24.2 Å². The third-order valence-corrected chi connectivity index (χ3v) is 3.90. The number of hydrogen-bond donors (Lipinski definition) is 2. The molecule has 1 amide bonds. The molecular formula is C15H30N2O. The lowest BCUT2D eigenvalue weighted by Gasteiger charge is -2.40. The van der Waals surface area contributed by atoms with Crippen LogP contribution in [0.5, 0.6) is 0 Å². The molecule has 0 saturated heterocycles. The fourth-order valence-corrected chi connectivity index (χ4v) is 2.89. The number of carbonyl (C=O) groups excluding carboxylic acids is 1. The molecule has 106 valence electrons. The Morgan fingerprint density at radius 2 is 1.83 bits per heavy atom. The highest BCUT2D eigenvalue weighted by Gasteiger charge is 2.34. The molecule has 2 atom stereocenters. The van der Waals surface area contributed by atoms with E-state index in [1.54, 1.807) is 0 Å². The Morgan fingerprint density at radius 3 is 2.39 bits per heavy atom. The van der Waals surface area contributed by atoms with Gasteiger partial charge in [-0.1, -0.05) is 47.5 Å². The highest BCUT2D eigenvalue weighted by molar-refractivity contribution is 5.78. The van der Waals surface area contributed by atoms with Gasteiger partial charge in [0.05, 0.1) is 6.54 Å². The van der Waals surface area contributed by atoms with E-state index < -0.39 is 0 Å². The van der Waals surface area contributed by atoms with Gasteiger partial charge in [-0.2, -0.15) is 0 Å². The van der Waals surface area contributed by atoms with Gasteiger partial charge in [0.15, 0.2) is 0 Å². The molecule has 3 nitrogen and oxygen atoms in total. The predicted molar refractivity (Wildman–Crippen MR) is 76.5 cm³/mol. The summed E-state index contributed by atoms with van der Waals surface area (Å²) in [5, 5.41) is 6.41. The number of hydrogen-bond acceptors (Lipinski definition) is 2. The normalized spacial score (nSPS) is 25.2. The number of carbonyl (C=O) groups is 1. The topological polar surface area (TPSA) is 41.1 Å². The third-order valence-electron chi connectivity index (χ3n) is 3.90. The van der Waals surface area contributed by atoms with Gasteiger partial charge in [0.1, 0.15) is 0 Å². The molecule has 1 saturated carbocycles. The van der Waals surface area contributed by atoms with Gasteiger partial charge >= 0.3 is 0 Å². The van der Waals surface area contributed by atoms with Crippen LogP contribution in [0.1, 0.15) is 60.3 Å². The lowest BCUT2D eigenvalue weighted by atomic mass is 9.69. The molecule has 2 unspecified atom stereocenters. The minimum atomic E-state index is 0.143. The van der Waals surface area contributed by atoms with Crippen LogP contribution in [0.3, 0.4) is 0 Å². The van der Waals surface area contributed by atoms with E-state index in [0.717, 1.165) is 6.42 Å². The van der Waals surface area contributed by atoms with Crippen LogP contribution >= 0.6 is 0 Å². The number of amides is 1. The number of nitrogens with one attached hydrogen (secondary N) is 2. The maximum Gasteiger partial charge on any atom is 0.234 e. The van der Waals surface area contributed by atoms with Gasteiger partial charge < -0.3 is 10.6 Å². The van der Waals surface area contributed by atoms with E-state index in [1.807, 2.05) is 0 Å². The summed E-state index contributed by atoms with van der Waals surface area (Å²) in [6, 6.07) is 0.723. The van der Waals surface area contributed by atoms with Crippen LogP contribution in [0, 0.1) is 11.3 Å². The summed E-state index contributed by atoms with van der Waals surface area (Å²) in [5.41, 5.74) is 0.282. The van der Waals surface area contributed by atoms with Crippen LogP contribution in [0.25, 0.3) is 0 Å². The lowest BCUT2D eigenvalue weighted by Crippen LogP contribution is -2.49. The summed E-state index contributed by atoms with van der Waals surface area (Å²) < 4.78 is 0. The van der Waals surface area contributed by atoms with Gasteiger partial charge in [-0.25, -0.2) is 0 Å². The minimum Gasteiger partial charge on any atom is -0.352 e. The molecule has 0 radical (unpaired) electrons. The zero-order chi connectivity index (χ0) is 13.8. The molecular weight excluding hydrogens is 224 g/mol. The standard InChI is InChI=1S/C15H30N2O/c1-11(2)16-10-14(18)17-13-9-7-6-8-12(13)15(3,4)5/h11-13,16H,6-10H2,1-5H3,(H,17,18). The summed E-state index contributed by atoms with van der Waals surface area (Å²) in [6.07, 6.45) is 4.93. The van der Waals surface area contributed by atoms with Gasteiger partial charge in [-0.15, -0.1) is 0 Å². The van der Waals surface area contributed by atoms with Gasteiger partial charge in [0.25, 0.3) is 0 Å². The highest BCUT2D eigenvalue weighted by Crippen LogP contribution is 2.37. The SMILES string of the molecule is CC(C)NCC(=O)NC1CCCCC1C(C)(C)C. The fraction of sp³-hybridized carbons (Fsp3) is 0.933. The van der Waals surface area contributed by atoms with Crippen molar-refractivity contribution in [2.75, 3.05) is 6.54 Å². The Hall–Kier alpha value is -0.570. The minimum absolute atomic E-state index is 0.143. The van der Waals surface area contributed by atoms with Crippen LogP contribution < -0.4 is 10.6 Å². The average Bonchev–Trinajstić information content (AvgIpc) is 2.25. The summed E-state index contributed by atoms with van der Waals surface area (Å²) in [6.45, 7) is 11.4. The molecule has 0 spiro atoms. The first-order chi connectivity index (χ1) is 8.30. The van der Waals surface area contributed by atoms with Gasteiger partial charge in [-0.3, -0.25) is 4.79 Å². The van der Waals surface area contributed by atoms with Crippen molar-refractivity contribution in [2.45, 2.75) is 72.4 Å². The summed E-state index contributed by atoms with van der Waals surface area (Å²) >= 11 is 0. The summed E-state index contributed by atoms with van der Waals surface area (Å²) in [7, 11) is 0. The van der Waals surface area contributed by atoms with Crippen molar-refractivity contribution in [3.8, 4) is 0 Å². The molecule has 18 heavy (non-hydrogen) atoms. The van der Waals surface area contributed by atoms with Crippen molar-refractivity contribution in [1.82, 2.24) is 10.6 Å². The quantitative estimate of drug-likeness (QED) is 0.810. The molecule has 0 aromatic carbocycles. The number of rotatable bonds is 4. The monoisotopic (exact) mass is 254 g/mol. The van der Waals surface area contributed by atoms with Crippen molar-refractivity contribution in [3.63, 3.8) is 0 Å². The van der Waals surface area contributed by atoms with E-state index in [-0.39, 0.29) is 11.3 Å². The maximum absolute atomic E-state index is 11.9. The molecule has 0 bridgehead atoms. The maximum atomic E-state index is 11.9. The molecule has 1 rings (SSSR count). The van der Waals surface area contributed by atoms with Crippen molar-refractivity contribution in [3.05, 3.63) is 0 Å². The van der Waals surface area contributed by atoms with Crippen molar-refractivity contribution < 1.29 is 4.79 Å². The van der Waals surface area contributed by atoms with E-state index in [1.165, 1.54) is 19.3 Å². The smallest absolute Gasteiger partial charge is 0.234 e. The molecule has 0 aromatic rings. The van der Waals surface area contributed by atoms with E-state index in [9.17, 15) is 4.79 Å². The van der Waals surface area contributed by atoms with Crippen LogP contribution in [-0.4, -0.2) is 24.5 Å². The largest absolute Gasteiger partial charge is 0.352 e. The van der Waals surface area contributed by atoms with Crippen LogP contribution in [0.15, 0.2) is 0 Å². The Bertz CT molecular complexity index is 268. The Balaban J connectivity index is 2.49. The summed E-state index contributed by atoms with van der Waals surface area (Å²) in [5.74, 6) is 0.749. The van der Waals surface area contributed by atoms with Crippen LogP contribution in [0.4, 0.5) is 0 Å². The summed E-state index contributed by atoms with van der Waals surface area (Å²) in [4.78, 5) is 11.9. The molecule has 2 N–H and O–H groups in total. The third kappa shape index (κ3) is 4.97. The molecule has 1 fully saturated rings. The first-order valence-electron chi connectivity index (χ1n) is 7.33. The lowest BCUT2D eigenvalue weighted by molar-refractivity contribution is -0.122. The molecule has 3 heteroatoms. The highest BCUT2D eigenvalue weighted by atomic mass is 16.2. The van der Waals surface area contributed by atoms with Crippen LogP contribution in [0.2, 0.25) is 0 Å². The second kappa shape index (κ2) is 6.55. The van der Waals surface area contributed by atoms with Crippen molar-refractivity contribution in [1.29, 1.82) is 0 Å². The first kappa shape index (κ1) is 15.5. The first-order valence-corrected chi connectivity index (χ1v) is 7.33. The zero-order valence-electron chi connectivity index (χ0n) is 12.7. The van der Waals surface area contributed by atoms with E-state index in [4.69, 9.17) is 0 Å². The second-order valence-electron chi connectivity index (χ2n) is 6.97. The fourth-order valence-electron chi connectivity index (χ4n) is 2.89. The zero-order valence-corrected chi connectivity index (χ0v) is 12.7. The molecule has 1 aliphatic rings. The Morgan fingerprint density at radius 1 is 1.22 bits per heavy atom. The van der Waals surface area contributed by atoms with Gasteiger partial charge in [0, 0.05) is 12.1 Å². The molecule has 0 heterocycles. The molecule has 0 aromatic heterocycles. The Kier molecular flexibility index (Phi) is 5.64.